The first-order valence-electron chi connectivity index (χ1n) is 10.3. The average Bonchev–Trinajstić information content (AvgIpc) is 2.79. The second-order valence-electron chi connectivity index (χ2n) is 8.09. The van der Waals surface area contributed by atoms with Crippen LogP contribution in [0.5, 0.6) is 0 Å². The van der Waals surface area contributed by atoms with E-state index in [-0.39, 0.29) is 6.04 Å². The molecular formula is C27H27N3. The van der Waals surface area contributed by atoms with E-state index >= 15 is 0 Å². The molecule has 1 N–H and O–H groups in total. The molecule has 0 aliphatic carbocycles. The lowest BCUT2D eigenvalue weighted by Gasteiger charge is -2.31. The van der Waals surface area contributed by atoms with E-state index in [1.807, 2.05) is 50.2 Å². The Morgan fingerprint density at radius 3 is 2.13 bits per heavy atom. The van der Waals surface area contributed by atoms with Crippen molar-refractivity contribution in [2.45, 2.75) is 39.7 Å². The Morgan fingerprint density at radius 2 is 1.53 bits per heavy atom. The Kier molecular flexibility index (Phi) is 6.55. The Balaban J connectivity index is 2.00. The zero-order chi connectivity index (χ0) is 21.6. The van der Waals surface area contributed by atoms with Crippen molar-refractivity contribution >= 4 is 5.69 Å². The lowest BCUT2D eigenvalue weighted by atomic mass is 9.81. The number of nitrogens with one attached hydrogen (secondary N) is 1. The van der Waals surface area contributed by atoms with E-state index in [4.69, 9.17) is 0 Å². The predicted octanol–water partition coefficient (Wildman–Crippen LogP) is 6.88. The normalized spacial score (nSPS) is 11.9. The second kappa shape index (κ2) is 9.29. The third kappa shape index (κ3) is 4.53. The van der Waals surface area contributed by atoms with Crippen LogP contribution in [0.1, 0.15) is 49.9 Å². The highest BCUT2D eigenvalue weighted by Crippen LogP contribution is 2.38. The smallest absolute Gasteiger partial charge is 0.0995 e. The van der Waals surface area contributed by atoms with Crippen molar-refractivity contribution in [3.8, 4) is 23.3 Å². The minimum absolute atomic E-state index is 0.211. The van der Waals surface area contributed by atoms with E-state index in [1.165, 1.54) is 5.56 Å². The van der Waals surface area contributed by atoms with E-state index in [2.05, 4.69) is 60.8 Å². The Bertz CT molecular complexity index is 1070. The summed E-state index contributed by atoms with van der Waals surface area (Å²) in [6.45, 7) is 6.00. The molecule has 3 nitrogen and oxygen atoms in total. The van der Waals surface area contributed by atoms with Crippen molar-refractivity contribution in [3.05, 3.63) is 89.5 Å². The number of nitriles is 2. The van der Waals surface area contributed by atoms with Crippen molar-refractivity contribution in [2.75, 3.05) is 5.32 Å². The highest BCUT2D eigenvalue weighted by Gasteiger charge is 2.31. The van der Waals surface area contributed by atoms with Crippen molar-refractivity contribution in [1.29, 1.82) is 10.5 Å². The molecule has 1 atom stereocenters. The van der Waals surface area contributed by atoms with Gasteiger partial charge in [-0.25, -0.2) is 0 Å². The van der Waals surface area contributed by atoms with E-state index in [0.29, 0.717) is 5.56 Å². The maximum Gasteiger partial charge on any atom is 0.0995 e. The van der Waals surface area contributed by atoms with Crippen molar-refractivity contribution < 1.29 is 0 Å². The fourth-order valence-electron chi connectivity index (χ4n) is 3.75. The maximum atomic E-state index is 9.87. The lowest BCUT2D eigenvalue weighted by molar-refractivity contribution is 0.418. The van der Waals surface area contributed by atoms with Crippen molar-refractivity contribution in [3.63, 3.8) is 0 Å². The van der Waals surface area contributed by atoms with Crippen LogP contribution in [0.15, 0.2) is 72.8 Å². The minimum atomic E-state index is -0.638. The third-order valence-corrected chi connectivity index (χ3v) is 5.46. The summed E-state index contributed by atoms with van der Waals surface area (Å²) >= 11 is 0. The number of hydrogen-bond donors (Lipinski definition) is 1. The maximum absolute atomic E-state index is 9.87. The number of anilines is 1. The van der Waals surface area contributed by atoms with Crippen molar-refractivity contribution in [2.24, 2.45) is 5.41 Å². The van der Waals surface area contributed by atoms with Gasteiger partial charge in [-0.2, -0.15) is 10.5 Å². The fourth-order valence-corrected chi connectivity index (χ4v) is 3.75. The van der Waals surface area contributed by atoms with E-state index in [0.717, 1.165) is 35.2 Å². The topological polar surface area (TPSA) is 59.6 Å². The molecule has 0 bridgehead atoms. The summed E-state index contributed by atoms with van der Waals surface area (Å²) < 4.78 is 0. The fraction of sp³-hybridized carbons (Fsp3) is 0.259. The molecule has 3 aromatic rings. The molecule has 0 aliphatic heterocycles. The summed E-state index contributed by atoms with van der Waals surface area (Å²) in [5, 5.41) is 23.0. The van der Waals surface area contributed by atoms with Crippen LogP contribution in [0.4, 0.5) is 5.69 Å². The molecule has 0 amide bonds. The molecule has 0 spiro atoms. The van der Waals surface area contributed by atoms with Crippen LogP contribution in [0, 0.1) is 28.1 Å². The second-order valence-corrected chi connectivity index (χ2v) is 8.09. The van der Waals surface area contributed by atoms with Gasteiger partial charge in [0.05, 0.1) is 29.2 Å². The summed E-state index contributed by atoms with van der Waals surface area (Å²) in [6, 6.07) is 29.0. The minimum Gasteiger partial charge on any atom is -0.376 e. The molecule has 0 saturated carbocycles. The molecule has 3 aromatic carbocycles. The van der Waals surface area contributed by atoms with Gasteiger partial charge in [-0.1, -0.05) is 74.0 Å². The number of nitrogens with zero attached hydrogens (tertiary/aromatic N) is 2. The van der Waals surface area contributed by atoms with Gasteiger partial charge in [0.2, 0.25) is 0 Å². The number of hydrogen-bond acceptors (Lipinski definition) is 3. The van der Waals surface area contributed by atoms with E-state index in [9.17, 15) is 10.5 Å². The number of benzene rings is 3. The van der Waals surface area contributed by atoms with Crippen LogP contribution in [0.3, 0.4) is 0 Å². The highest BCUT2D eigenvalue weighted by molar-refractivity contribution is 5.64. The zero-order valence-corrected chi connectivity index (χ0v) is 17.8. The third-order valence-electron chi connectivity index (χ3n) is 5.46. The molecule has 0 saturated heterocycles. The molecule has 30 heavy (non-hydrogen) atoms. The summed E-state index contributed by atoms with van der Waals surface area (Å²) in [4.78, 5) is 0. The molecule has 3 rings (SSSR count). The first kappa shape index (κ1) is 21.2. The van der Waals surface area contributed by atoms with Gasteiger partial charge in [0.25, 0.3) is 0 Å². The monoisotopic (exact) mass is 393 g/mol. The van der Waals surface area contributed by atoms with Gasteiger partial charge < -0.3 is 5.32 Å². The summed E-state index contributed by atoms with van der Waals surface area (Å²) in [5.74, 6) is 0. The van der Waals surface area contributed by atoms with E-state index < -0.39 is 5.41 Å². The molecule has 1 unspecified atom stereocenters. The van der Waals surface area contributed by atoms with Crippen LogP contribution >= 0.6 is 0 Å². The standard InChI is InChI=1S/C27H27N3/c1-4-9-24-23(18-28)12-8-13-25(24)30-26(27(2,3)19-29)22-16-14-21(15-17-22)20-10-6-5-7-11-20/h5-8,10-17,26,30H,4,9H2,1-3H3. The first-order valence-corrected chi connectivity index (χ1v) is 10.3. The molecular weight excluding hydrogens is 366 g/mol. The summed E-state index contributed by atoms with van der Waals surface area (Å²) in [5.41, 5.74) is 5.35. The first-order chi connectivity index (χ1) is 14.5. The van der Waals surface area contributed by atoms with Crippen LogP contribution in [-0.4, -0.2) is 0 Å². The average molecular weight is 394 g/mol. The van der Waals surface area contributed by atoms with Crippen LogP contribution in [0.25, 0.3) is 11.1 Å². The number of rotatable bonds is 7. The summed E-state index contributed by atoms with van der Waals surface area (Å²) in [7, 11) is 0. The Hall–Kier alpha value is -3.56. The highest BCUT2D eigenvalue weighted by atomic mass is 14.9. The Morgan fingerprint density at radius 1 is 0.867 bits per heavy atom. The predicted molar refractivity (Wildman–Crippen MR) is 123 cm³/mol. The van der Waals surface area contributed by atoms with Gasteiger partial charge in [0, 0.05) is 5.69 Å². The Labute approximate surface area is 179 Å². The molecule has 0 aromatic heterocycles. The molecule has 0 fully saturated rings. The molecule has 0 aliphatic rings. The largest absolute Gasteiger partial charge is 0.376 e. The van der Waals surface area contributed by atoms with Crippen LogP contribution < -0.4 is 5.32 Å². The SMILES string of the molecule is CCCc1c(C#N)cccc1NC(c1ccc(-c2ccccc2)cc1)C(C)(C)C#N. The zero-order valence-electron chi connectivity index (χ0n) is 17.8. The van der Waals surface area contributed by atoms with Gasteiger partial charge in [0.1, 0.15) is 0 Å². The van der Waals surface area contributed by atoms with Gasteiger partial charge in [-0.15, -0.1) is 0 Å². The molecule has 0 radical (unpaired) electrons. The summed E-state index contributed by atoms with van der Waals surface area (Å²) in [6.07, 6.45) is 1.77. The van der Waals surface area contributed by atoms with E-state index in [1.54, 1.807) is 0 Å². The van der Waals surface area contributed by atoms with Crippen LogP contribution in [-0.2, 0) is 6.42 Å². The molecule has 3 heteroatoms. The van der Waals surface area contributed by atoms with Crippen LogP contribution in [0.2, 0.25) is 0 Å². The molecule has 150 valence electrons. The quantitative estimate of drug-likeness (QED) is 0.476. The van der Waals surface area contributed by atoms with Gasteiger partial charge in [0.15, 0.2) is 0 Å². The lowest BCUT2D eigenvalue weighted by Crippen LogP contribution is -2.27. The van der Waals surface area contributed by atoms with Gasteiger partial charge in [-0.05, 0) is 54.7 Å². The molecule has 0 heterocycles. The van der Waals surface area contributed by atoms with Gasteiger partial charge in [-0.3, -0.25) is 0 Å². The van der Waals surface area contributed by atoms with Crippen molar-refractivity contribution in [1.82, 2.24) is 0 Å². The van der Waals surface area contributed by atoms with Gasteiger partial charge >= 0.3 is 0 Å².